The lowest BCUT2D eigenvalue weighted by molar-refractivity contribution is 0.0939. The number of aliphatic hydroxyl groups is 1. The molecule has 0 aromatic carbocycles. The fraction of sp³-hybridized carbons (Fsp3) is 0.450. The molecule has 2 aliphatic rings. The van der Waals surface area contributed by atoms with E-state index >= 15 is 0 Å². The highest BCUT2D eigenvalue weighted by atomic mass is 32.2. The second-order valence-corrected chi connectivity index (χ2v) is 8.73. The highest BCUT2D eigenvalue weighted by Gasteiger charge is 2.34. The Hall–Kier alpha value is -2.99. The van der Waals surface area contributed by atoms with Gasteiger partial charge in [0.15, 0.2) is 0 Å². The van der Waals surface area contributed by atoms with Gasteiger partial charge in [0.25, 0.3) is 5.91 Å². The molecule has 1 aliphatic heterocycles. The summed E-state index contributed by atoms with van der Waals surface area (Å²) in [6, 6.07) is 1.43. The first-order valence-corrected chi connectivity index (χ1v) is 11.7. The van der Waals surface area contributed by atoms with Crippen LogP contribution < -0.4 is 15.8 Å². The normalized spacial score (nSPS) is 21.9. The van der Waals surface area contributed by atoms with Gasteiger partial charge in [-0.2, -0.15) is 0 Å². The van der Waals surface area contributed by atoms with Gasteiger partial charge in [0.1, 0.15) is 23.9 Å². The zero-order valence-electron chi connectivity index (χ0n) is 18.2. The number of carbonyl (C=O) groups is 1. The molecular formula is C20H28FN5O5S. The fourth-order valence-electron chi connectivity index (χ4n) is 2.98. The van der Waals surface area contributed by atoms with Crippen molar-refractivity contribution in [2.75, 3.05) is 26.0 Å². The number of nitrogens with one attached hydrogen (secondary N) is 1. The number of hydrogen-bond acceptors (Lipinski definition) is 8. The molecule has 0 bridgehead atoms. The number of amides is 1. The monoisotopic (exact) mass is 469 g/mol. The Morgan fingerprint density at radius 3 is 2.72 bits per heavy atom. The Labute approximate surface area is 186 Å². The number of guanidine groups is 1. The number of nitrogens with zero attached hydrogens (tertiary/aromatic N) is 3. The predicted octanol–water partition coefficient (Wildman–Crippen LogP) is 0.719. The van der Waals surface area contributed by atoms with Crippen LogP contribution in [0.3, 0.4) is 0 Å². The smallest absolute Gasteiger partial charge is 0.270 e. The van der Waals surface area contributed by atoms with E-state index in [0.717, 1.165) is 4.31 Å². The Balaban J connectivity index is 0.00000176. The van der Waals surface area contributed by atoms with Crippen LogP contribution in [0.1, 0.15) is 30.8 Å². The van der Waals surface area contributed by atoms with Crippen LogP contribution >= 0.6 is 0 Å². The largest absolute Gasteiger partial charge is 0.490 e. The minimum absolute atomic E-state index is 0.0619. The maximum Gasteiger partial charge on any atom is 0.270 e. The van der Waals surface area contributed by atoms with Crippen LogP contribution in [0, 0.1) is 0 Å². The molecule has 176 valence electrons. The van der Waals surface area contributed by atoms with E-state index in [1.165, 1.54) is 31.5 Å². The van der Waals surface area contributed by atoms with Crippen LogP contribution in [0.25, 0.3) is 0 Å². The summed E-state index contributed by atoms with van der Waals surface area (Å²) in [5.74, 6) is -1.32. The molecule has 0 saturated heterocycles. The van der Waals surface area contributed by atoms with Gasteiger partial charge in [0.05, 0.1) is 30.6 Å². The van der Waals surface area contributed by atoms with Crippen molar-refractivity contribution in [1.29, 1.82) is 0 Å². The SMILES string of the molecule is CC.CN1C(N)=NC(C2=CC(NC(=O)c3ccc(OCCO)cn3)CC=C2F)CS1(=O)=O. The van der Waals surface area contributed by atoms with E-state index in [9.17, 15) is 17.6 Å². The van der Waals surface area contributed by atoms with E-state index in [4.69, 9.17) is 15.6 Å². The van der Waals surface area contributed by atoms with Gasteiger partial charge in [-0.1, -0.05) is 19.9 Å². The molecule has 4 N–H and O–H groups in total. The molecule has 32 heavy (non-hydrogen) atoms. The number of carbonyl (C=O) groups excluding carboxylic acids is 1. The maximum atomic E-state index is 14.4. The van der Waals surface area contributed by atoms with E-state index in [-0.39, 0.29) is 36.9 Å². The van der Waals surface area contributed by atoms with Gasteiger partial charge in [0.2, 0.25) is 16.0 Å². The van der Waals surface area contributed by atoms with Crippen molar-refractivity contribution in [2.45, 2.75) is 32.4 Å². The first kappa shape index (κ1) is 25.3. The zero-order valence-corrected chi connectivity index (χ0v) is 19.0. The first-order chi connectivity index (χ1) is 15.2. The Morgan fingerprint density at radius 1 is 1.41 bits per heavy atom. The molecule has 2 heterocycles. The van der Waals surface area contributed by atoms with E-state index in [0.29, 0.717) is 5.75 Å². The standard InChI is InChI=1S/C18H22FN5O5S.C2H6/c1-24-18(20)23-16(10-30(24,27)28)13-8-11(2-4-14(13)19)22-17(26)15-5-3-12(9-21-15)29-7-6-25;1-2/h3-5,8-9,11,16,25H,2,6-7,10H2,1H3,(H2,20,23)(H,22,26);1-2H3. The van der Waals surface area contributed by atoms with Crippen molar-refractivity contribution in [2.24, 2.45) is 10.7 Å². The molecule has 1 amide bonds. The fourth-order valence-corrected chi connectivity index (χ4v) is 4.19. The average Bonchev–Trinajstić information content (AvgIpc) is 2.78. The number of aliphatic imine (C=N–C) groups is 1. The van der Waals surface area contributed by atoms with E-state index in [2.05, 4.69) is 15.3 Å². The first-order valence-electron chi connectivity index (χ1n) is 10.1. The lowest BCUT2D eigenvalue weighted by Crippen LogP contribution is -2.48. The van der Waals surface area contributed by atoms with Gasteiger partial charge >= 0.3 is 0 Å². The van der Waals surface area contributed by atoms with Crippen molar-refractivity contribution in [1.82, 2.24) is 14.6 Å². The number of rotatable bonds is 6. The lowest BCUT2D eigenvalue weighted by Gasteiger charge is -2.29. The highest BCUT2D eigenvalue weighted by molar-refractivity contribution is 7.89. The second-order valence-electron chi connectivity index (χ2n) is 6.69. The van der Waals surface area contributed by atoms with E-state index < -0.39 is 39.6 Å². The Morgan fingerprint density at radius 2 is 2.12 bits per heavy atom. The maximum absolute atomic E-state index is 14.4. The average molecular weight is 470 g/mol. The molecule has 1 aromatic rings. The van der Waals surface area contributed by atoms with E-state index in [1.54, 1.807) is 6.07 Å². The minimum atomic E-state index is -3.71. The number of pyridine rings is 1. The molecule has 0 fully saturated rings. The summed E-state index contributed by atoms with van der Waals surface area (Å²) in [5.41, 5.74) is 5.84. The van der Waals surface area contributed by atoms with Gasteiger partial charge in [0, 0.05) is 12.6 Å². The molecule has 1 aliphatic carbocycles. The highest BCUT2D eigenvalue weighted by Crippen LogP contribution is 2.28. The number of nitrogens with two attached hydrogens (primary N) is 1. The van der Waals surface area contributed by atoms with Gasteiger partial charge < -0.3 is 20.9 Å². The molecule has 0 saturated carbocycles. The topological polar surface area (TPSA) is 147 Å². The Bertz CT molecular complexity index is 1010. The molecule has 10 nitrogen and oxygen atoms in total. The Kier molecular flexibility index (Phi) is 8.72. The lowest BCUT2D eigenvalue weighted by atomic mass is 9.96. The molecule has 0 radical (unpaired) electrons. The van der Waals surface area contributed by atoms with Crippen LogP contribution in [0.4, 0.5) is 4.39 Å². The van der Waals surface area contributed by atoms with Crippen LogP contribution in [0.15, 0.2) is 46.9 Å². The number of sulfonamides is 1. The van der Waals surface area contributed by atoms with Gasteiger partial charge in [-0.15, -0.1) is 0 Å². The van der Waals surface area contributed by atoms with Gasteiger partial charge in [-0.25, -0.2) is 27.1 Å². The van der Waals surface area contributed by atoms with Crippen molar-refractivity contribution >= 4 is 21.9 Å². The van der Waals surface area contributed by atoms with Crippen LogP contribution in [0.5, 0.6) is 5.75 Å². The molecule has 2 unspecified atom stereocenters. The van der Waals surface area contributed by atoms with Crippen molar-refractivity contribution < 1.29 is 27.4 Å². The van der Waals surface area contributed by atoms with Crippen LogP contribution in [-0.2, 0) is 10.0 Å². The second kappa shape index (κ2) is 11.0. The third kappa shape index (κ3) is 6.04. The number of ether oxygens (including phenoxy) is 1. The molecule has 2 atom stereocenters. The van der Waals surface area contributed by atoms with Crippen molar-refractivity contribution in [3.8, 4) is 5.75 Å². The van der Waals surface area contributed by atoms with Crippen LogP contribution in [0.2, 0.25) is 0 Å². The number of aliphatic hydroxyl groups excluding tert-OH is 1. The van der Waals surface area contributed by atoms with Crippen molar-refractivity contribution in [3.05, 3.63) is 47.6 Å². The summed E-state index contributed by atoms with van der Waals surface area (Å²) in [4.78, 5) is 20.5. The summed E-state index contributed by atoms with van der Waals surface area (Å²) < 4.78 is 44.8. The molecule has 3 rings (SSSR count). The third-order valence-corrected chi connectivity index (χ3v) is 6.37. The molecule has 0 spiro atoms. The summed E-state index contributed by atoms with van der Waals surface area (Å²) in [7, 11) is -2.43. The quantitative estimate of drug-likeness (QED) is 0.556. The summed E-state index contributed by atoms with van der Waals surface area (Å²) in [6.45, 7) is 3.97. The van der Waals surface area contributed by atoms with Crippen LogP contribution in [-0.4, -0.2) is 72.8 Å². The summed E-state index contributed by atoms with van der Waals surface area (Å²) in [6.07, 6.45) is 4.27. The molecule has 12 heteroatoms. The van der Waals surface area contributed by atoms with Crippen molar-refractivity contribution in [3.63, 3.8) is 0 Å². The van der Waals surface area contributed by atoms with E-state index in [1.807, 2.05) is 13.8 Å². The predicted molar refractivity (Wildman–Crippen MR) is 118 cm³/mol. The zero-order chi connectivity index (χ0) is 23.9. The number of halogens is 1. The minimum Gasteiger partial charge on any atom is -0.490 e. The number of hydrogen-bond donors (Lipinski definition) is 3. The summed E-state index contributed by atoms with van der Waals surface area (Å²) in [5, 5.41) is 11.5. The molecule has 1 aromatic heterocycles. The van der Waals surface area contributed by atoms with Gasteiger partial charge in [-0.05, 0) is 24.6 Å². The summed E-state index contributed by atoms with van der Waals surface area (Å²) >= 11 is 0. The third-order valence-electron chi connectivity index (χ3n) is 4.61. The molecular weight excluding hydrogens is 441 g/mol. The van der Waals surface area contributed by atoms with Gasteiger partial charge in [-0.3, -0.25) is 4.79 Å². The number of aromatic nitrogens is 1.